The van der Waals surface area contributed by atoms with Crippen LogP contribution in [-0.4, -0.2) is 51.0 Å². The Bertz CT molecular complexity index is 1160. The minimum absolute atomic E-state index is 0.0646. The van der Waals surface area contributed by atoms with E-state index in [0.29, 0.717) is 29.0 Å². The summed E-state index contributed by atoms with van der Waals surface area (Å²) in [5, 5.41) is 15.0. The molecule has 3 aromatic carbocycles. The molecular formula is C24H27NO5. The lowest BCUT2D eigenvalue weighted by molar-refractivity contribution is 0.229. The maximum atomic E-state index is 11.3. The molecule has 1 atom stereocenters. The number of hydrogen-bond donors (Lipinski definition) is 1. The van der Waals surface area contributed by atoms with Crippen molar-refractivity contribution in [2.45, 2.75) is 31.8 Å². The van der Waals surface area contributed by atoms with Crippen molar-refractivity contribution in [2.24, 2.45) is 0 Å². The molecule has 0 aromatic heterocycles. The van der Waals surface area contributed by atoms with Crippen molar-refractivity contribution in [1.82, 2.24) is 4.90 Å². The molecule has 0 radical (unpaired) electrons. The van der Waals surface area contributed by atoms with Crippen molar-refractivity contribution in [1.29, 1.82) is 0 Å². The first-order valence-electron chi connectivity index (χ1n) is 10.3. The Morgan fingerprint density at radius 2 is 1.63 bits per heavy atom. The summed E-state index contributed by atoms with van der Waals surface area (Å²) >= 11 is 0. The van der Waals surface area contributed by atoms with E-state index in [4.69, 9.17) is 18.9 Å². The van der Waals surface area contributed by atoms with Gasteiger partial charge in [-0.25, -0.2) is 0 Å². The molecule has 2 aliphatic heterocycles. The average molecular weight is 409 g/mol. The topological polar surface area (TPSA) is 60.4 Å². The van der Waals surface area contributed by atoms with Gasteiger partial charge < -0.3 is 24.1 Å². The number of phenolic OH excluding ortho intramolecular Hbond substituents is 1. The lowest BCUT2D eigenvalue weighted by Gasteiger charge is -2.34. The molecule has 0 amide bonds. The monoisotopic (exact) mass is 409 g/mol. The van der Waals surface area contributed by atoms with Crippen LogP contribution in [0.2, 0.25) is 0 Å². The van der Waals surface area contributed by atoms with Crippen LogP contribution in [0.4, 0.5) is 0 Å². The highest BCUT2D eigenvalue weighted by atomic mass is 16.5. The van der Waals surface area contributed by atoms with Gasteiger partial charge in [-0.2, -0.15) is 0 Å². The zero-order valence-electron chi connectivity index (χ0n) is 17.9. The Morgan fingerprint density at radius 1 is 0.867 bits per heavy atom. The summed E-state index contributed by atoms with van der Waals surface area (Å²) in [4.78, 5) is 2.56. The molecular weight excluding hydrogens is 382 g/mol. The fourth-order valence-electron chi connectivity index (χ4n) is 5.41. The van der Waals surface area contributed by atoms with Crippen LogP contribution >= 0.6 is 0 Å². The predicted molar refractivity (Wildman–Crippen MR) is 116 cm³/mol. The van der Waals surface area contributed by atoms with E-state index in [2.05, 4.69) is 11.0 Å². The van der Waals surface area contributed by atoms with E-state index in [1.807, 2.05) is 12.1 Å². The standard InChI is InChI=1S/C24H27NO5/c1-27-18-8-7-14-15-10-13-6-5-9-25(13)12-17(15)16-11-19(28-2)24(30-4)22(26)20(16)21(14)23(18)29-3/h7-8,11,13,26H,5-6,9-10,12H2,1-4H3/t13-/m1/s1. The smallest absolute Gasteiger partial charge is 0.203 e. The fraction of sp³-hybridized carbons (Fsp3) is 0.417. The second-order valence-corrected chi connectivity index (χ2v) is 8.03. The number of fused-ring (bicyclic) bond motifs is 7. The molecule has 0 unspecified atom stereocenters. The lowest BCUT2D eigenvalue weighted by atomic mass is 9.84. The summed E-state index contributed by atoms with van der Waals surface area (Å²) in [5.41, 5.74) is 2.58. The van der Waals surface area contributed by atoms with E-state index in [0.717, 1.165) is 41.1 Å². The summed E-state index contributed by atoms with van der Waals surface area (Å²) in [7, 11) is 6.40. The third-order valence-corrected chi connectivity index (χ3v) is 6.75. The number of rotatable bonds is 4. The normalized spacial score (nSPS) is 18.3. The van der Waals surface area contributed by atoms with Crippen LogP contribution in [0.25, 0.3) is 21.5 Å². The van der Waals surface area contributed by atoms with Crippen molar-refractivity contribution in [2.75, 3.05) is 35.0 Å². The molecule has 30 heavy (non-hydrogen) atoms. The van der Waals surface area contributed by atoms with Crippen LogP contribution in [0.1, 0.15) is 24.0 Å². The summed E-state index contributed by atoms with van der Waals surface area (Å²) in [6, 6.07) is 6.60. The molecule has 2 aliphatic rings. The molecule has 5 rings (SSSR count). The first-order valence-corrected chi connectivity index (χ1v) is 10.3. The van der Waals surface area contributed by atoms with Gasteiger partial charge in [0.25, 0.3) is 0 Å². The van der Waals surface area contributed by atoms with Crippen LogP contribution in [0.5, 0.6) is 28.7 Å². The summed E-state index contributed by atoms with van der Waals surface area (Å²) in [5.74, 6) is 2.17. The van der Waals surface area contributed by atoms with Crippen LogP contribution in [-0.2, 0) is 13.0 Å². The van der Waals surface area contributed by atoms with Gasteiger partial charge in [-0.05, 0) is 59.8 Å². The third-order valence-electron chi connectivity index (χ3n) is 6.75. The molecule has 0 aliphatic carbocycles. The number of hydrogen-bond acceptors (Lipinski definition) is 6. The van der Waals surface area contributed by atoms with Crippen molar-refractivity contribution >= 4 is 21.5 Å². The fourth-order valence-corrected chi connectivity index (χ4v) is 5.41. The Balaban J connectivity index is 1.98. The van der Waals surface area contributed by atoms with Crippen LogP contribution in [0, 0.1) is 0 Å². The average Bonchev–Trinajstić information content (AvgIpc) is 3.24. The van der Waals surface area contributed by atoms with Gasteiger partial charge in [-0.15, -0.1) is 0 Å². The predicted octanol–water partition coefficient (Wildman–Crippen LogP) is 4.25. The van der Waals surface area contributed by atoms with Gasteiger partial charge in [-0.3, -0.25) is 4.90 Å². The van der Waals surface area contributed by atoms with Crippen LogP contribution in [0.3, 0.4) is 0 Å². The van der Waals surface area contributed by atoms with Gasteiger partial charge in [0.2, 0.25) is 5.75 Å². The third kappa shape index (κ3) is 2.53. The molecule has 158 valence electrons. The molecule has 0 saturated carbocycles. The first kappa shape index (κ1) is 19.1. The minimum Gasteiger partial charge on any atom is -0.504 e. The molecule has 3 aromatic rings. The van der Waals surface area contributed by atoms with Crippen molar-refractivity contribution in [3.63, 3.8) is 0 Å². The Morgan fingerprint density at radius 3 is 2.33 bits per heavy atom. The minimum atomic E-state index is 0.0646. The van der Waals surface area contributed by atoms with E-state index >= 15 is 0 Å². The summed E-state index contributed by atoms with van der Waals surface area (Å²) in [6.45, 7) is 1.99. The van der Waals surface area contributed by atoms with Gasteiger partial charge >= 0.3 is 0 Å². The van der Waals surface area contributed by atoms with E-state index in [9.17, 15) is 5.11 Å². The quantitative estimate of drug-likeness (QED) is 0.650. The number of methoxy groups -OCH3 is 4. The Kier molecular flexibility index (Phi) is 4.54. The molecule has 1 N–H and O–H groups in total. The van der Waals surface area contributed by atoms with E-state index in [1.54, 1.807) is 21.3 Å². The summed E-state index contributed by atoms with van der Waals surface area (Å²) in [6.07, 6.45) is 3.45. The molecule has 1 saturated heterocycles. The van der Waals surface area contributed by atoms with Crippen molar-refractivity contribution in [3.8, 4) is 28.7 Å². The van der Waals surface area contributed by atoms with Gasteiger partial charge in [0.05, 0.1) is 28.4 Å². The van der Waals surface area contributed by atoms with Gasteiger partial charge in [-0.1, -0.05) is 6.07 Å². The maximum Gasteiger partial charge on any atom is 0.203 e. The zero-order chi connectivity index (χ0) is 21.0. The number of benzene rings is 3. The highest BCUT2D eigenvalue weighted by molar-refractivity contribution is 6.18. The second-order valence-electron chi connectivity index (χ2n) is 8.03. The van der Waals surface area contributed by atoms with E-state index < -0.39 is 0 Å². The van der Waals surface area contributed by atoms with Crippen molar-refractivity contribution in [3.05, 3.63) is 29.3 Å². The number of aromatic hydroxyl groups is 1. The van der Waals surface area contributed by atoms with Gasteiger partial charge in [0.15, 0.2) is 23.0 Å². The summed E-state index contributed by atoms with van der Waals surface area (Å²) < 4.78 is 22.5. The van der Waals surface area contributed by atoms with Crippen LogP contribution in [0.15, 0.2) is 18.2 Å². The highest BCUT2D eigenvalue weighted by Gasteiger charge is 2.34. The molecule has 1 fully saturated rings. The first-order chi connectivity index (χ1) is 14.6. The molecule has 6 heteroatoms. The Hall–Kier alpha value is -2.86. The maximum absolute atomic E-state index is 11.3. The number of phenols is 1. The van der Waals surface area contributed by atoms with Gasteiger partial charge in [0, 0.05) is 23.4 Å². The molecule has 0 bridgehead atoms. The number of ether oxygens (including phenoxy) is 4. The van der Waals surface area contributed by atoms with Gasteiger partial charge in [0.1, 0.15) is 0 Å². The SMILES string of the molecule is COc1cc2c3c(c4ccc(OC)c(OC)c4c2c(O)c1OC)C[C@H]1CCCN1C3. The Labute approximate surface area is 175 Å². The highest BCUT2D eigenvalue weighted by Crippen LogP contribution is 2.52. The van der Waals surface area contributed by atoms with Crippen LogP contribution < -0.4 is 18.9 Å². The van der Waals surface area contributed by atoms with E-state index in [-0.39, 0.29) is 5.75 Å². The molecule has 2 heterocycles. The largest absolute Gasteiger partial charge is 0.504 e. The zero-order valence-corrected chi connectivity index (χ0v) is 17.9. The molecule has 0 spiro atoms. The van der Waals surface area contributed by atoms with Crippen molar-refractivity contribution < 1.29 is 24.1 Å². The number of nitrogens with zero attached hydrogens (tertiary/aromatic N) is 1. The second kappa shape index (κ2) is 7.13. The van der Waals surface area contributed by atoms with E-state index in [1.165, 1.54) is 31.1 Å². The molecule has 6 nitrogen and oxygen atoms in total. The lowest BCUT2D eigenvalue weighted by Crippen LogP contribution is -2.35.